The van der Waals surface area contributed by atoms with E-state index in [1.165, 1.54) is 6.26 Å². The second-order valence-electron chi connectivity index (χ2n) is 1.83. The maximum atomic E-state index is 9.81. The van der Waals surface area contributed by atoms with Gasteiger partial charge in [0.1, 0.15) is 0 Å². The van der Waals surface area contributed by atoms with Crippen LogP contribution >= 0.6 is 0 Å². The third-order valence-corrected chi connectivity index (χ3v) is 0.561. The average Bonchev–Trinajstić information content (AvgIpc) is 1.63. The van der Waals surface area contributed by atoms with E-state index < -0.39 is 5.97 Å². The normalized spacial score (nSPS) is 10.6. The zero-order valence-corrected chi connectivity index (χ0v) is 5.50. The largest absolute Gasteiger partial charge is 0.498 e. The highest BCUT2D eigenvalue weighted by molar-refractivity contribution is 5.79. The lowest BCUT2D eigenvalue weighted by Crippen LogP contribution is -1.96. The molecule has 0 saturated heterocycles. The van der Waals surface area contributed by atoms with E-state index in [4.69, 9.17) is 9.84 Å². The molecule has 0 atom stereocenters. The molecule has 3 heteroatoms. The topological polar surface area (TPSA) is 46.5 Å². The van der Waals surface area contributed by atoms with E-state index >= 15 is 0 Å². The standard InChI is InChI=1S/C6H10O3/c1-5(2)9-4-3-6(7)8/h3-5H,1-2H3,(H,7,8)/b4-3+. The summed E-state index contributed by atoms with van der Waals surface area (Å²) in [5, 5.41) is 8.06. The predicted molar refractivity (Wildman–Crippen MR) is 33.0 cm³/mol. The van der Waals surface area contributed by atoms with Crippen LogP contribution in [0, 0.1) is 0 Å². The van der Waals surface area contributed by atoms with Gasteiger partial charge < -0.3 is 9.84 Å². The molecule has 52 valence electrons. The Morgan fingerprint density at radius 2 is 2.22 bits per heavy atom. The van der Waals surface area contributed by atoms with Gasteiger partial charge in [-0.2, -0.15) is 0 Å². The third kappa shape index (κ3) is 7.01. The fourth-order valence-electron chi connectivity index (χ4n) is 0.255. The van der Waals surface area contributed by atoms with E-state index in [0.29, 0.717) is 0 Å². The molecule has 0 aromatic carbocycles. The van der Waals surface area contributed by atoms with Crippen molar-refractivity contribution in [3.63, 3.8) is 0 Å². The molecule has 0 aliphatic carbocycles. The van der Waals surface area contributed by atoms with Crippen LogP contribution in [0.15, 0.2) is 12.3 Å². The number of aliphatic carboxylic acids is 1. The number of rotatable bonds is 3. The summed E-state index contributed by atoms with van der Waals surface area (Å²) in [6, 6.07) is 0. The molecular weight excluding hydrogens is 120 g/mol. The molecule has 0 rings (SSSR count). The summed E-state index contributed by atoms with van der Waals surface area (Å²) in [6.07, 6.45) is 2.17. The van der Waals surface area contributed by atoms with Crippen LogP contribution in [-0.4, -0.2) is 17.2 Å². The van der Waals surface area contributed by atoms with Crippen molar-refractivity contribution in [3.05, 3.63) is 12.3 Å². The molecule has 0 aliphatic heterocycles. The smallest absolute Gasteiger partial charge is 0.331 e. The predicted octanol–water partition coefficient (Wildman–Crippen LogP) is 1.01. The summed E-state index contributed by atoms with van der Waals surface area (Å²) in [5.41, 5.74) is 0. The highest BCUT2D eigenvalue weighted by Crippen LogP contribution is 1.87. The Balaban J connectivity index is 3.36. The Bertz CT molecular complexity index is 115. The molecule has 1 N–H and O–H groups in total. The van der Waals surface area contributed by atoms with Gasteiger partial charge in [0.25, 0.3) is 0 Å². The maximum absolute atomic E-state index is 9.81. The lowest BCUT2D eigenvalue weighted by molar-refractivity contribution is -0.131. The second kappa shape index (κ2) is 3.95. The average molecular weight is 130 g/mol. The first-order valence-corrected chi connectivity index (χ1v) is 2.68. The van der Waals surface area contributed by atoms with Crippen LogP contribution in [0.1, 0.15) is 13.8 Å². The molecule has 0 unspecified atom stereocenters. The van der Waals surface area contributed by atoms with E-state index in [1.54, 1.807) is 0 Å². The van der Waals surface area contributed by atoms with Gasteiger partial charge in [0, 0.05) is 0 Å². The highest BCUT2D eigenvalue weighted by Gasteiger charge is 1.87. The van der Waals surface area contributed by atoms with Crippen LogP contribution in [0.25, 0.3) is 0 Å². The molecule has 0 radical (unpaired) electrons. The summed E-state index contributed by atoms with van der Waals surface area (Å²) < 4.78 is 4.79. The van der Waals surface area contributed by atoms with Crippen LogP contribution in [-0.2, 0) is 9.53 Å². The van der Waals surface area contributed by atoms with Gasteiger partial charge in [-0.25, -0.2) is 4.79 Å². The van der Waals surface area contributed by atoms with E-state index in [9.17, 15) is 4.79 Å². The van der Waals surface area contributed by atoms with Gasteiger partial charge in [0.15, 0.2) is 0 Å². The molecule has 0 spiro atoms. The van der Waals surface area contributed by atoms with E-state index in [1.807, 2.05) is 13.8 Å². The van der Waals surface area contributed by atoms with Gasteiger partial charge in [-0.15, -0.1) is 0 Å². The van der Waals surface area contributed by atoms with Gasteiger partial charge in [-0.05, 0) is 13.8 Å². The lowest BCUT2D eigenvalue weighted by Gasteiger charge is -2.00. The molecular formula is C6H10O3. The Labute approximate surface area is 53.9 Å². The molecule has 0 heterocycles. The van der Waals surface area contributed by atoms with E-state index in [0.717, 1.165) is 6.08 Å². The van der Waals surface area contributed by atoms with Crippen LogP contribution in [0.2, 0.25) is 0 Å². The number of carboxylic acid groups (broad SMARTS) is 1. The first-order chi connectivity index (χ1) is 4.13. The van der Waals surface area contributed by atoms with Crippen molar-refractivity contribution < 1.29 is 14.6 Å². The number of hydrogen-bond acceptors (Lipinski definition) is 2. The summed E-state index contributed by atoms with van der Waals surface area (Å²) in [6.45, 7) is 3.65. The SMILES string of the molecule is CC(C)O/C=C/C(=O)O. The fourth-order valence-corrected chi connectivity index (χ4v) is 0.255. The van der Waals surface area contributed by atoms with Crippen LogP contribution in [0.4, 0.5) is 0 Å². The first kappa shape index (κ1) is 8.01. The van der Waals surface area contributed by atoms with Crippen LogP contribution in [0.3, 0.4) is 0 Å². The van der Waals surface area contributed by atoms with Crippen molar-refractivity contribution in [1.29, 1.82) is 0 Å². The van der Waals surface area contributed by atoms with E-state index in [-0.39, 0.29) is 6.10 Å². The fraction of sp³-hybridized carbons (Fsp3) is 0.500. The van der Waals surface area contributed by atoms with E-state index in [2.05, 4.69) is 0 Å². The number of carboxylic acids is 1. The minimum Gasteiger partial charge on any atom is -0.498 e. The van der Waals surface area contributed by atoms with Crippen molar-refractivity contribution in [2.75, 3.05) is 0 Å². The Morgan fingerprint density at radius 3 is 2.56 bits per heavy atom. The van der Waals surface area contributed by atoms with Crippen molar-refractivity contribution in [3.8, 4) is 0 Å². The van der Waals surface area contributed by atoms with Gasteiger partial charge in [-0.3, -0.25) is 0 Å². The molecule has 0 aromatic rings. The van der Waals surface area contributed by atoms with Crippen molar-refractivity contribution in [2.24, 2.45) is 0 Å². The van der Waals surface area contributed by atoms with Crippen LogP contribution in [0.5, 0.6) is 0 Å². The Hall–Kier alpha value is -0.990. The molecule has 0 bridgehead atoms. The molecule has 0 aromatic heterocycles. The maximum Gasteiger partial charge on any atom is 0.331 e. The van der Waals surface area contributed by atoms with Gasteiger partial charge >= 0.3 is 5.97 Å². The van der Waals surface area contributed by atoms with Crippen molar-refractivity contribution in [1.82, 2.24) is 0 Å². The molecule has 0 saturated carbocycles. The molecule has 0 amide bonds. The summed E-state index contributed by atoms with van der Waals surface area (Å²) in [7, 11) is 0. The number of hydrogen-bond donors (Lipinski definition) is 1. The van der Waals surface area contributed by atoms with Crippen molar-refractivity contribution in [2.45, 2.75) is 20.0 Å². The third-order valence-electron chi connectivity index (χ3n) is 0.561. The molecule has 3 nitrogen and oxygen atoms in total. The van der Waals surface area contributed by atoms with Gasteiger partial charge in [0.05, 0.1) is 18.4 Å². The van der Waals surface area contributed by atoms with Gasteiger partial charge in [-0.1, -0.05) is 0 Å². The minimum atomic E-state index is -0.990. The minimum absolute atomic E-state index is 0.0422. The monoisotopic (exact) mass is 130 g/mol. The molecule has 0 fully saturated rings. The summed E-state index contributed by atoms with van der Waals surface area (Å²) >= 11 is 0. The van der Waals surface area contributed by atoms with Crippen LogP contribution < -0.4 is 0 Å². The first-order valence-electron chi connectivity index (χ1n) is 2.68. The van der Waals surface area contributed by atoms with Crippen molar-refractivity contribution >= 4 is 5.97 Å². The highest BCUT2D eigenvalue weighted by atomic mass is 16.5. The molecule has 0 aliphatic rings. The Kier molecular flexibility index (Phi) is 3.51. The summed E-state index contributed by atoms with van der Waals surface area (Å²) in [4.78, 5) is 9.81. The zero-order valence-electron chi connectivity index (χ0n) is 5.50. The Morgan fingerprint density at radius 1 is 1.67 bits per heavy atom. The lowest BCUT2D eigenvalue weighted by atomic mass is 10.5. The summed E-state index contributed by atoms with van der Waals surface area (Å²) in [5.74, 6) is -0.990. The molecule has 9 heavy (non-hydrogen) atoms. The van der Waals surface area contributed by atoms with Gasteiger partial charge in [0.2, 0.25) is 0 Å². The number of carbonyl (C=O) groups is 1. The zero-order chi connectivity index (χ0) is 7.28. The quantitative estimate of drug-likeness (QED) is 0.458. The second-order valence-corrected chi connectivity index (χ2v) is 1.83. The number of ether oxygens (including phenoxy) is 1.